The van der Waals surface area contributed by atoms with Gasteiger partial charge in [-0.3, -0.25) is 0 Å². The van der Waals surface area contributed by atoms with Crippen molar-refractivity contribution in [1.29, 1.82) is 0 Å². The van der Waals surface area contributed by atoms with Crippen molar-refractivity contribution < 1.29 is 40.1 Å². The van der Waals surface area contributed by atoms with E-state index in [4.69, 9.17) is 14.2 Å². The van der Waals surface area contributed by atoms with Crippen molar-refractivity contribution >= 4 is 15.5 Å². The number of sulfone groups is 1. The van der Waals surface area contributed by atoms with Gasteiger partial charge in [-0.25, -0.2) is 8.42 Å². The molecule has 0 amide bonds. The third kappa shape index (κ3) is 10.8. The summed E-state index contributed by atoms with van der Waals surface area (Å²) in [6, 6.07) is 13.3. The summed E-state index contributed by atoms with van der Waals surface area (Å²) in [5.41, 5.74) is 1.74. The maximum absolute atomic E-state index is 14.0. The lowest BCUT2D eigenvalue weighted by molar-refractivity contribution is -0.0000175. The van der Waals surface area contributed by atoms with Crippen LogP contribution in [0, 0.1) is 5.41 Å². The number of unbranched alkanes of at least 4 members (excludes halogenated alkanes) is 2. The summed E-state index contributed by atoms with van der Waals surface area (Å²) in [4.78, 5) is 4.63. The van der Waals surface area contributed by atoms with Gasteiger partial charge in [0.1, 0.15) is 12.4 Å². The van der Waals surface area contributed by atoms with E-state index in [1.54, 1.807) is 6.07 Å². The van der Waals surface area contributed by atoms with Gasteiger partial charge >= 0.3 is 0 Å². The smallest absolute Gasteiger partial charge is 0.179 e. The molecule has 2 atom stereocenters. The number of benzene rings is 2. The molecule has 1 N–H and O–H groups in total. The van der Waals surface area contributed by atoms with Crippen molar-refractivity contribution in [2.75, 3.05) is 77.4 Å². The van der Waals surface area contributed by atoms with Crippen molar-refractivity contribution in [2.45, 2.75) is 83.1 Å². The third-order valence-electron chi connectivity index (χ3n) is 9.21. The predicted octanol–water partition coefficient (Wildman–Crippen LogP) is 3.16. The van der Waals surface area contributed by atoms with Crippen LogP contribution in [0.3, 0.4) is 0 Å². The maximum atomic E-state index is 14.0. The van der Waals surface area contributed by atoms with Crippen molar-refractivity contribution in [3.05, 3.63) is 53.6 Å². The summed E-state index contributed by atoms with van der Waals surface area (Å²) >= 11 is 0. The highest BCUT2D eigenvalue weighted by Crippen LogP contribution is 2.50. The molecular weight excluding hydrogens is 624 g/mol. The lowest BCUT2D eigenvalue weighted by Gasteiger charge is -2.40. The quantitative estimate of drug-likeness (QED) is 0.214. The molecule has 3 rings (SSSR count). The number of hydrogen-bond acceptors (Lipinski definition) is 8. The van der Waals surface area contributed by atoms with E-state index in [9.17, 15) is 13.5 Å². The summed E-state index contributed by atoms with van der Waals surface area (Å²) in [7, 11) is 0.261. The Hall–Kier alpha value is -1.88. The Morgan fingerprint density at radius 2 is 1.43 bits per heavy atom. The summed E-state index contributed by atoms with van der Waals surface area (Å²) in [5.74, 6) is 0.192. The van der Waals surface area contributed by atoms with Gasteiger partial charge < -0.3 is 41.5 Å². The fourth-order valence-corrected chi connectivity index (χ4v) is 8.63. The Bertz CT molecular complexity index is 1250. The summed E-state index contributed by atoms with van der Waals surface area (Å²) < 4.78 is 45.3. The highest BCUT2D eigenvalue weighted by atomic mass is 35.5. The van der Waals surface area contributed by atoms with Crippen molar-refractivity contribution in [2.24, 2.45) is 5.41 Å². The van der Waals surface area contributed by atoms with Crippen LogP contribution >= 0.6 is 0 Å². The first kappa shape index (κ1) is 40.3. The molecule has 0 spiro atoms. The minimum atomic E-state index is -3.63. The van der Waals surface area contributed by atoms with E-state index in [2.05, 4.69) is 32.6 Å². The average Bonchev–Trinajstić information content (AvgIpc) is 3.10. The van der Waals surface area contributed by atoms with Gasteiger partial charge in [-0.1, -0.05) is 65.5 Å². The van der Waals surface area contributed by atoms with E-state index < -0.39 is 27.3 Å². The maximum Gasteiger partial charge on any atom is 0.179 e. The van der Waals surface area contributed by atoms with Crippen LogP contribution in [0.25, 0.3) is 0 Å². The Morgan fingerprint density at radius 3 is 2.00 bits per heavy atom. The number of fused-ring (bicyclic) bond motifs is 1. The lowest BCUT2D eigenvalue weighted by Crippen LogP contribution is -3.00. The molecule has 0 saturated heterocycles. The number of halogens is 1. The molecule has 2 aromatic carbocycles. The number of aliphatic hydroxyl groups excluding tert-OH is 1. The minimum Gasteiger partial charge on any atom is -1.00 e. The molecule has 10 heteroatoms. The molecule has 1 heterocycles. The first-order valence-electron chi connectivity index (χ1n) is 16.9. The van der Waals surface area contributed by atoms with E-state index in [-0.39, 0.29) is 18.2 Å². The molecule has 1 aliphatic rings. The molecule has 0 aliphatic carbocycles. The SMILES string of the molecule is CCCCC1(CCCC)CS(=O)(=O)c2ccc(N(C)C)cc2[C@@H](c2ccc(OCCOCCOCCN(CC)CC)cc2)[C@H]1O.[Cl-]. The van der Waals surface area contributed by atoms with Crippen LogP contribution in [0.1, 0.15) is 83.3 Å². The van der Waals surface area contributed by atoms with E-state index in [0.717, 1.165) is 56.6 Å². The molecule has 2 aromatic rings. The Labute approximate surface area is 285 Å². The second-order valence-corrected chi connectivity index (χ2v) is 14.5. The topological polar surface area (TPSA) is 88.5 Å². The van der Waals surface area contributed by atoms with Gasteiger partial charge in [-0.15, -0.1) is 0 Å². The largest absolute Gasteiger partial charge is 1.00 e. The van der Waals surface area contributed by atoms with Gasteiger partial charge in [0.05, 0.1) is 43.2 Å². The second kappa shape index (κ2) is 19.8. The van der Waals surface area contributed by atoms with Crippen LogP contribution in [-0.4, -0.2) is 97.0 Å². The molecule has 0 radical (unpaired) electrons. The van der Waals surface area contributed by atoms with Gasteiger partial charge in [-0.2, -0.15) is 0 Å². The van der Waals surface area contributed by atoms with Crippen LogP contribution in [0.4, 0.5) is 5.69 Å². The van der Waals surface area contributed by atoms with Crippen LogP contribution in [0.5, 0.6) is 5.75 Å². The van der Waals surface area contributed by atoms with E-state index in [1.807, 2.05) is 55.4 Å². The standard InChI is InChI=1S/C36H58N2O6S.ClH/c1-7-11-19-36(20-12-8-2)28-45(40,41)33-18-15-30(37(5)6)27-32(33)34(35(36)39)29-13-16-31(17-14-29)44-26-25-43-24-23-42-22-21-38(9-3)10-4;/h13-18,27,34-35,39H,7-12,19-26,28H2,1-6H3;1H/p-1/t34-,35-;/m1./s1. The Balaban J connectivity index is 0.00000736. The zero-order valence-corrected chi connectivity index (χ0v) is 30.5. The van der Waals surface area contributed by atoms with Crippen molar-refractivity contribution in [1.82, 2.24) is 4.90 Å². The van der Waals surface area contributed by atoms with Gasteiger partial charge in [0.15, 0.2) is 9.84 Å². The van der Waals surface area contributed by atoms with Crippen molar-refractivity contribution in [3.63, 3.8) is 0 Å². The molecule has 46 heavy (non-hydrogen) atoms. The molecular formula is C36H58ClN2O6S-. The number of likely N-dealkylation sites (N-methyl/N-ethyl adjacent to an activating group) is 1. The second-order valence-electron chi connectivity index (χ2n) is 12.5. The fourth-order valence-electron chi connectivity index (χ4n) is 6.44. The summed E-state index contributed by atoms with van der Waals surface area (Å²) in [5, 5.41) is 12.3. The zero-order chi connectivity index (χ0) is 32.9. The van der Waals surface area contributed by atoms with E-state index in [1.165, 1.54) is 0 Å². The number of aliphatic hydroxyl groups is 1. The number of ether oxygens (including phenoxy) is 3. The molecule has 262 valence electrons. The molecule has 0 bridgehead atoms. The van der Waals surface area contributed by atoms with E-state index >= 15 is 0 Å². The van der Waals surface area contributed by atoms with Gasteiger partial charge in [-0.05, 0) is 67.4 Å². The molecule has 0 fully saturated rings. The number of anilines is 1. The summed E-state index contributed by atoms with van der Waals surface area (Å²) in [6.45, 7) is 14.2. The van der Waals surface area contributed by atoms with Crippen molar-refractivity contribution in [3.8, 4) is 5.75 Å². The molecule has 1 aliphatic heterocycles. The van der Waals surface area contributed by atoms with Crippen LogP contribution in [0.15, 0.2) is 47.4 Å². The Kier molecular flexibility index (Phi) is 17.4. The van der Waals surface area contributed by atoms with Crippen LogP contribution in [0.2, 0.25) is 0 Å². The number of rotatable bonds is 20. The molecule has 0 aromatic heterocycles. The zero-order valence-electron chi connectivity index (χ0n) is 29.0. The predicted molar refractivity (Wildman–Crippen MR) is 184 cm³/mol. The first-order chi connectivity index (χ1) is 21.6. The Morgan fingerprint density at radius 1 is 0.848 bits per heavy atom. The number of nitrogens with zero attached hydrogens (tertiary/aromatic N) is 2. The first-order valence-corrected chi connectivity index (χ1v) is 18.6. The molecule has 8 nitrogen and oxygen atoms in total. The van der Waals surface area contributed by atoms with Crippen LogP contribution in [-0.2, 0) is 19.3 Å². The summed E-state index contributed by atoms with van der Waals surface area (Å²) in [6.07, 6.45) is 4.15. The van der Waals surface area contributed by atoms with Gasteiger partial charge in [0.2, 0.25) is 0 Å². The fraction of sp³-hybridized carbons (Fsp3) is 0.667. The normalized spacial score (nSPS) is 18.4. The highest BCUT2D eigenvalue weighted by molar-refractivity contribution is 7.91. The third-order valence-corrected chi connectivity index (χ3v) is 11.2. The van der Waals surface area contributed by atoms with Gasteiger partial charge in [0, 0.05) is 37.7 Å². The van der Waals surface area contributed by atoms with Crippen LogP contribution < -0.4 is 22.0 Å². The highest BCUT2D eigenvalue weighted by Gasteiger charge is 2.49. The van der Waals surface area contributed by atoms with E-state index in [0.29, 0.717) is 62.1 Å². The van der Waals surface area contributed by atoms with Gasteiger partial charge in [0.25, 0.3) is 0 Å². The average molecular weight is 682 g/mol. The molecule has 0 saturated carbocycles. The minimum absolute atomic E-state index is 0. The molecule has 0 unspecified atom stereocenters. The monoisotopic (exact) mass is 681 g/mol. The lowest BCUT2D eigenvalue weighted by atomic mass is 9.68. The number of hydrogen-bond donors (Lipinski definition) is 1.